The second-order valence-electron chi connectivity index (χ2n) is 6.56. The third kappa shape index (κ3) is 4.54. The summed E-state index contributed by atoms with van der Waals surface area (Å²) in [6.07, 6.45) is 0. The van der Waals surface area contributed by atoms with Gasteiger partial charge in [-0.05, 0) is 48.0 Å². The van der Waals surface area contributed by atoms with Crippen LogP contribution < -0.4 is 10.9 Å². The van der Waals surface area contributed by atoms with Crippen LogP contribution in [0.4, 0.5) is 5.69 Å². The molecule has 0 saturated heterocycles. The molecule has 0 aliphatic carbocycles. The third-order valence-electron chi connectivity index (χ3n) is 4.47. The van der Waals surface area contributed by atoms with Gasteiger partial charge in [0.15, 0.2) is 0 Å². The number of aromatic nitrogens is 1. The van der Waals surface area contributed by atoms with Gasteiger partial charge in [0.25, 0.3) is 5.56 Å². The van der Waals surface area contributed by atoms with Gasteiger partial charge in [0, 0.05) is 32.2 Å². The molecule has 0 spiro atoms. The van der Waals surface area contributed by atoms with Crippen molar-refractivity contribution in [2.75, 3.05) is 11.1 Å². The number of aromatic amines is 1. The summed E-state index contributed by atoms with van der Waals surface area (Å²) in [5.74, 6) is -0.135. The molecule has 0 aliphatic heterocycles. The van der Waals surface area contributed by atoms with Crippen molar-refractivity contribution in [2.24, 2.45) is 0 Å². The van der Waals surface area contributed by atoms with Crippen LogP contribution >= 0.6 is 35.0 Å². The first-order valence-corrected chi connectivity index (χ1v) is 10.8. The first-order chi connectivity index (χ1) is 14.5. The Morgan fingerprint density at radius 2 is 1.63 bits per heavy atom. The van der Waals surface area contributed by atoms with Crippen molar-refractivity contribution in [3.8, 4) is 11.1 Å². The molecule has 150 valence electrons. The number of amides is 1. The first-order valence-electron chi connectivity index (χ1n) is 9.10. The topological polar surface area (TPSA) is 62.0 Å². The molecule has 0 unspecified atom stereocenters. The van der Waals surface area contributed by atoms with Crippen LogP contribution in [0.5, 0.6) is 0 Å². The number of carbonyl (C=O) groups is 1. The number of thioether (sulfide) groups is 1. The van der Waals surface area contributed by atoms with Crippen molar-refractivity contribution in [1.82, 2.24) is 4.98 Å². The van der Waals surface area contributed by atoms with Crippen molar-refractivity contribution >= 4 is 57.5 Å². The maximum Gasteiger partial charge on any atom is 0.262 e. The number of H-pyrrole nitrogens is 1. The highest BCUT2D eigenvalue weighted by atomic mass is 35.5. The van der Waals surface area contributed by atoms with E-state index in [1.165, 1.54) is 11.8 Å². The number of anilines is 1. The molecule has 4 nitrogen and oxygen atoms in total. The number of pyridine rings is 1. The summed E-state index contributed by atoms with van der Waals surface area (Å²) in [6.45, 7) is 0. The van der Waals surface area contributed by atoms with Crippen LogP contribution in [0.25, 0.3) is 22.0 Å². The van der Waals surface area contributed by atoms with Crippen LogP contribution in [-0.2, 0) is 4.79 Å². The van der Waals surface area contributed by atoms with Crippen LogP contribution in [0.1, 0.15) is 0 Å². The van der Waals surface area contributed by atoms with Gasteiger partial charge in [-0.15, -0.1) is 11.8 Å². The van der Waals surface area contributed by atoms with E-state index in [1.54, 1.807) is 36.4 Å². The van der Waals surface area contributed by atoms with Gasteiger partial charge < -0.3 is 10.3 Å². The molecule has 0 aliphatic rings. The van der Waals surface area contributed by atoms with Gasteiger partial charge in [-0.2, -0.15) is 0 Å². The largest absolute Gasteiger partial charge is 0.325 e. The lowest BCUT2D eigenvalue weighted by atomic mass is 10.0. The lowest BCUT2D eigenvalue weighted by Crippen LogP contribution is -2.16. The summed E-state index contributed by atoms with van der Waals surface area (Å²) in [4.78, 5) is 28.7. The first kappa shape index (κ1) is 20.5. The number of rotatable bonds is 5. The summed E-state index contributed by atoms with van der Waals surface area (Å²) < 4.78 is 0. The fraction of sp³-hybridized carbons (Fsp3) is 0.0435. The van der Waals surface area contributed by atoms with Crippen LogP contribution in [0, 0.1) is 0 Å². The van der Waals surface area contributed by atoms with E-state index in [0.29, 0.717) is 26.1 Å². The SMILES string of the molecule is O=C(CSc1c(-c2ccccc2)c2cc(Cl)ccc2[nH]c1=O)Nc1ccc(Cl)cc1. The molecule has 0 saturated carbocycles. The monoisotopic (exact) mass is 454 g/mol. The Morgan fingerprint density at radius 1 is 0.933 bits per heavy atom. The van der Waals surface area contributed by atoms with Crippen LogP contribution in [0.3, 0.4) is 0 Å². The zero-order chi connectivity index (χ0) is 21.1. The fourth-order valence-electron chi connectivity index (χ4n) is 3.14. The molecule has 3 aromatic carbocycles. The van der Waals surface area contributed by atoms with Crippen LogP contribution in [-0.4, -0.2) is 16.6 Å². The molecule has 4 aromatic rings. The zero-order valence-corrected chi connectivity index (χ0v) is 17.9. The Morgan fingerprint density at radius 3 is 2.37 bits per heavy atom. The Balaban J connectivity index is 1.69. The maximum atomic E-state index is 12.9. The van der Waals surface area contributed by atoms with Crippen molar-refractivity contribution in [2.45, 2.75) is 4.90 Å². The number of fused-ring (bicyclic) bond motifs is 1. The average Bonchev–Trinajstić information content (AvgIpc) is 2.74. The highest BCUT2D eigenvalue weighted by Crippen LogP contribution is 2.35. The third-order valence-corrected chi connectivity index (χ3v) is 6.04. The molecule has 1 aromatic heterocycles. The van der Waals surface area contributed by atoms with E-state index in [1.807, 2.05) is 36.4 Å². The minimum absolute atomic E-state index is 0.0810. The quantitative estimate of drug-likeness (QED) is 0.351. The highest BCUT2D eigenvalue weighted by Gasteiger charge is 2.17. The molecule has 0 fully saturated rings. The van der Waals surface area contributed by atoms with Gasteiger partial charge in [-0.25, -0.2) is 0 Å². The number of carbonyl (C=O) groups excluding carboxylic acids is 1. The minimum atomic E-state index is -0.243. The van der Waals surface area contributed by atoms with E-state index in [9.17, 15) is 9.59 Å². The summed E-state index contributed by atoms with van der Waals surface area (Å²) in [6, 6.07) is 21.8. The molecule has 30 heavy (non-hydrogen) atoms. The van der Waals surface area contributed by atoms with E-state index in [2.05, 4.69) is 10.3 Å². The molecular formula is C23H16Cl2N2O2S. The second-order valence-corrected chi connectivity index (χ2v) is 8.42. The van der Waals surface area contributed by atoms with E-state index in [4.69, 9.17) is 23.2 Å². The molecule has 0 bridgehead atoms. The standard InChI is InChI=1S/C23H16Cl2N2O2S/c24-15-6-9-17(10-7-15)26-20(28)13-30-22-21(14-4-2-1-3-5-14)18-12-16(25)8-11-19(18)27-23(22)29/h1-12H,13H2,(H,26,28)(H,27,29). The second kappa shape index (κ2) is 8.96. The van der Waals surface area contributed by atoms with Crippen LogP contribution in [0.15, 0.2) is 82.5 Å². The Bertz CT molecular complexity index is 1270. The minimum Gasteiger partial charge on any atom is -0.325 e. The molecule has 7 heteroatoms. The fourth-order valence-corrected chi connectivity index (χ4v) is 4.34. The molecule has 2 N–H and O–H groups in total. The normalized spacial score (nSPS) is 10.9. The van der Waals surface area contributed by atoms with E-state index in [0.717, 1.165) is 16.5 Å². The van der Waals surface area contributed by atoms with Gasteiger partial charge in [0.2, 0.25) is 5.91 Å². The molecule has 1 heterocycles. The summed E-state index contributed by atoms with van der Waals surface area (Å²) in [5.41, 5.74) is 2.75. The number of nitrogens with one attached hydrogen (secondary N) is 2. The summed E-state index contributed by atoms with van der Waals surface area (Å²) in [7, 11) is 0. The smallest absolute Gasteiger partial charge is 0.262 e. The Labute approximate surface area is 187 Å². The maximum absolute atomic E-state index is 12.9. The van der Waals surface area contributed by atoms with Gasteiger partial charge >= 0.3 is 0 Å². The zero-order valence-electron chi connectivity index (χ0n) is 15.6. The predicted molar refractivity (Wildman–Crippen MR) is 126 cm³/mol. The van der Waals surface area contributed by atoms with Gasteiger partial charge in [-0.3, -0.25) is 9.59 Å². The van der Waals surface area contributed by atoms with Crippen molar-refractivity contribution in [3.05, 3.63) is 93.2 Å². The molecule has 0 radical (unpaired) electrons. The van der Waals surface area contributed by atoms with E-state index in [-0.39, 0.29) is 17.2 Å². The average molecular weight is 455 g/mol. The Kier molecular flexibility index (Phi) is 6.13. The summed E-state index contributed by atoms with van der Waals surface area (Å²) >= 11 is 13.3. The number of hydrogen-bond acceptors (Lipinski definition) is 3. The number of halogens is 2. The predicted octanol–water partition coefficient (Wildman–Crippen LogP) is 6.23. The molecule has 0 atom stereocenters. The van der Waals surface area contributed by atoms with Crippen molar-refractivity contribution in [1.29, 1.82) is 0 Å². The lowest BCUT2D eigenvalue weighted by molar-refractivity contribution is -0.113. The lowest BCUT2D eigenvalue weighted by Gasteiger charge is -2.13. The van der Waals surface area contributed by atoms with Crippen molar-refractivity contribution in [3.63, 3.8) is 0 Å². The van der Waals surface area contributed by atoms with Gasteiger partial charge in [0.05, 0.1) is 10.6 Å². The van der Waals surface area contributed by atoms with E-state index >= 15 is 0 Å². The van der Waals surface area contributed by atoms with E-state index < -0.39 is 0 Å². The van der Waals surface area contributed by atoms with Gasteiger partial charge in [0.1, 0.15) is 0 Å². The number of hydrogen-bond donors (Lipinski definition) is 2. The molecule has 1 amide bonds. The Hall–Kier alpha value is -2.73. The van der Waals surface area contributed by atoms with Crippen molar-refractivity contribution < 1.29 is 4.79 Å². The molecule has 4 rings (SSSR count). The molecular weight excluding hydrogens is 439 g/mol. The number of benzene rings is 3. The van der Waals surface area contributed by atoms with Gasteiger partial charge in [-0.1, -0.05) is 53.5 Å². The van der Waals surface area contributed by atoms with Crippen LogP contribution in [0.2, 0.25) is 10.0 Å². The summed E-state index contributed by atoms with van der Waals surface area (Å²) in [5, 5.41) is 4.81. The highest BCUT2D eigenvalue weighted by molar-refractivity contribution is 8.00.